The van der Waals surface area contributed by atoms with Crippen molar-refractivity contribution in [3.8, 4) is 0 Å². The van der Waals surface area contributed by atoms with Crippen molar-refractivity contribution in [2.45, 2.75) is 91.6 Å². The molecule has 0 aliphatic carbocycles. The molecule has 7 nitrogen and oxygen atoms in total. The molecule has 7 aromatic rings. The lowest BCUT2D eigenvalue weighted by Crippen LogP contribution is -2.41. The van der Waals surface area contributed by atoms with E-state index in [1.807, 2.05) is 0 Å². The second kappa shape index (κ2) is 14.2. The lowest BCUT2D eigenvalue weighted by atomic mass is 9.79. The molecule has 0 unspecified atom stereocenters. The van der Waals surface area contributed by atoms with E-state index in [1.165, 1.54) is 11.1 Å². The van der Waals surface area contributed by atoms with Gasteiger partial charge >= 0.3 is 14.2 Å². The average molecular weight is 783 g/mol. The summed E-state index contributed by atoms with van der Waals surface area (Å²) in [6.45, 7) is 20.9. The molecule has 0 atom stereocenters. The van der Waals surface area contributed by atoms with Gasteiger partial charge in [0.05, 0.1) is 22.4 Å². The van der Waals surface area contributed by atoms with Gasteiger partial charge in [-0.05, 0) is 165 Å². The van der Waals surface area contributed by atoms with Crippen molar-refractivity contribution in [1.82, 2.24) is 0 Å². The molecule has 9 heteroatoms. The summed E-state index contributed by atoms with van der Waals surface area (Å²) in [5, 5.41) is 2.07. The molecular weight excluding hydrogens is 730 g/mol. The van der Waals surface area contributed by atoms with Crippen LogP contribution in [0.15, 0.2) is 138 Å². The maximum Gasteiger partial charge on any atom is 0.494 e. The number of anilines is 6. The molecule has 1 aromatic heterocycles. The van der Waals surface area contributed by atoms with Crippen LogP contribution in [0.3, 0.4) is 0 Å². The summed E-state index contributed by atoms with van der Waals surface area (Å²) in [6.07, 6.45) is 0. The fourth-order valence-electron chi connectivity index (χ4n) is 7.83. The van der Waals surface area contributed by atoms with Gasteiger partial charge in [0.25, 0.3) is 0 Å². The van der Waals surface area contributed by atoms with E-state index < -0.39 is 36.6 Å². The van der Waals surface area contributed by atoms with Gasteiger partial charge in [0.15, 0.2) is 0 Å². The smallest absolute Gasteiger partial charge is 0.456 e. The minimum absolute atomic E-state index is 0.413. The highest BCUT2D eigenvalue weighted by Crippen LogP contribution is 2.43. The van der Waals surface area contributed by atoms with Crippen LogP contribution in [0.4, 0.5) is 34.1 Å². The normalized spacial score (nSPS) is 17.9. The Morgan fingerprint density at radius 1 is 0.356 bits per heavy atom. The highest BCUT2D eigenvalue weighted by Gasteiger charge is 2.52. The van der Waals surface area contributed by atoms with Crippen LogP contribution in [0, 0.1) is 13.8 Å². The largest absolute Gasteiger partial charge is 0.494 e. The van der Waals surface area contributed by atoms with Crippen LogP contribution in [0.25, 0.3) is 21.9 Å². The molecule has 0 radical (unpaired) electrons. The van der Waals surface area contributed by atoms with E-state index in [0.29, 0.717) is 0 Å². The Labute approximate surface area is 349 Å². The fourth-order valence-corrected chi connectivity index (χ4v) is 7.83. The molecule has 2 aliphatic rings. The molecule has 59 heavy (non-hydrogen) atoms. The van der Waals surface area contributed by atoms with Crippen LogP contribution in [0.5, 0.6) is 0 Å². The minimum atomic E-state index is -0.433. The number of rotatable bonds is 8. The number of nitrogens with zero attached hydrogens (tertiary/aromatic N) is 2. The summed E-state index contributed by atoms with van der Waals surface area (Å²) in [6, 6.07) is 47.2. The van der Waals surface area contributed by atoms with Crippen LogP contribution >= 0.6 is 0 Å². The lowest BCUT2D eigenvalue weighted by Gasteiger charge is -2.32. The zero-order valence-corrected chi connectivity index (χ0v) is 35.8. The summed E-state index contributed by atoms with van der Waals surface area (Å²) in [5.41, 5.74) is 10.6. The molecule has 2 fully saturated rings. The zero-order chi connectivity index (χ0) is 41.5. The molecule has 0 spiro atoms. The van der Waals surface area contributed by atoms with Crippen molar-refractivity contribution in [3.63, 3.8) is 0 Å². The number of benzene rings is 6. The second-order valence-corrected chi connectivity index (χ2v) is 18.2. The molecule has 0 N–H and O–H groups in total. The van der Waals surface area contributed by atoms with Crippen molar-refractivity contribution in [3.05, 3.63) is 145 Å². The third-order valence-electron chi connectivity index (χ3n) is 12.9. The standard InChI is InChI=1S/C50H52B2N2O5/c1-33-11-19-37(20-12-33)53(39-23-15-35(16-24-39)51-56-47(3,4)48(5,6)57-51)41-27-29-45-43(31-41)44-32-42(28-30-46(44)55-45)54(38-21-13-34(2)14-22-38)40-25-17-36(18-26-40)52-58-49(7,8)50(9,10)59-52/h11-32H,1-10H3. The van der Waals surface area contributed by atoms with Gasteiger partial charge in [0.1, 0.15) is 11.2 Å². The molecule has 3 heterocycles. The Balaban J connectivity index is 1.10. The number of fused-ring (bicyclic) bond motifs is 3. The maximum absolute atomic E-state index is 6.50. The quantitative estimate of drug-likeness (QED) is 0.142. The Kier molecular flexibility index (Phi) is 9.40. The fraction of sp³-hybridized carbons (Fsp3) is 0.280. The summed E-state index contributed by atoms with van der Waals surface area (Å²) in [4.78, 5) is 4.57. The predicted molar refractivity (Wildman–Crippen MR) is 244 cm³/mol. The summed E-state index contributed by atoms with van der Waals surface area (Å²) in [5.74, 6) is 0. The van der Waals surface area contributed by atoms with E-state index in [0.717, 1.165) is 67.0 Å². The Morgan fingerprint density at radius 3 is 0.932 bits per heavy atom. The number of furan rings is 1. The summed E-state index contributed by atoms with van der Waals surface area (Å²) < 4.78 is 32.0. The summed E-state index contributed by atoms with van der Waals surface area (Å²) >= 11 is 0. The Bertz CT molecular complexity index is 2440. The first-order chi connectivity index (χ1) is 28.0. The van der Waals surface area contributed by atoms with E-state index in [2.05, 4.69) is 212 Å². The van der Waals surface area contributed by atoms with E-state index in [4.69, 9.17) is 23.0 Å². The van der Waals surface area contributed by atoms with Gasteiger partial charge in [-0.1, -0.05) is 59.7 Å². The molecule has 2 saturated heterocycles. The van der Waals surface area contributed by atoms with Gasteiger partial charge in [-0.25, -0.2) is 0 Å². The zero-order valence-electron chi connectivity index (χ0n) is 35.8. The van der Waals surface area contributed by atoms with Crippen molar-refractivity contribution < 1.29 is 23.0 Å². The first-order valence-corrected chi connectivity index (χ1v) is 20.6. The highest BCUT2D eigenvalue weighted by atomic mass is 16.7. The van der Waals surface area contributed by atoms with E-state index >= 15 is 0 Å². The van der Waals surface area contributed by atoms with Gasteiger partial charge in [0, 0.05) is 44.9 Å². The monoisotopic (exact) mass is 782 g/mol. The molecule has 6 aromatic carbocycles. The van der Waals surface area contributed by atoms with Crippen LogP contribution in [0.2, 0.25) is 0 Å². The molecule has 0 saturated carbocycles. The maximum atomic E-state index is 6.50. The van der Waals surface area contributed by atoms with Gasteiger partial charge in [0.2, 0.25) is 0 Å². The van der Waals surface area contributed by atoms with E-state index in [-0.39, 0.29) is 0 Å². The highest BCUT2D eigenvalue weighted by molar-refractivity contribution is 6.62. The van der Waals surface area contributed by atoms with Crippen molar-refractivity contribution in [2.75, 3.05) is 9.80 Å². The van der Waals surface area contributed by atoms with Crippen molar-refractivity contribution in [2.24, 2.45) is 0 Å². The van der Waals surface area contributed by atoms with Crippen molar-refractivity contribution in [1.29, 1.82) is 0 Å². The number of aryl methyl sites for hydroxylation is 2. The Morgan fingerprint density at radius 2 is 0.627 bits per heavy atom. The molecule has 298 valence electrons. The molecular formula is C50H52B2N2O5. The Hall–Kier alpha value is -5.31. The first-order valence-electron chi connectivity index (χ1n) is 20.6. The summed E-state index contributed by atoms with van der Waals surface area (Å²) in [7, 11) is -0.866. The van der Waals surface area contributed by atoms with Gasteiger partial charge < -0.3 is 32.8 Å². The van der Waals surface area contributed by atoms with Crippen LogP contribution in [0.1, 0.15) is 66.5 Å². The average Bonchev–Trinajstić information content (AvgIpc) is 3.76. The third kappa shape index (κ3) is 7.04. The van der Waals surface area contributed by atoms with Gasteiger partial charge in [-0.3, -0.25) is 0 Å². The van der Waals surface area contributed by atoms with Crippen molar-refractivity contribution >= 4 is 81.2 Å². The lowest BCUT2D eigenvalue weighted by molar-refractivity contribution is 0.00578. The van der Waals surface area contributed by atoms with Crippen LogP contribution in [-0.2, 0) is 18.6 Å². The first kappa shape index (κ1) is 39.2. The number of hydrogen-bond acceptors (Lipinski definition) is 7. The molecule has 0 amide bonds. The van der Waals surface area contributed by atoms with Crippen LogP contribution < -0.4 is 20.7 Å². The predicted octanol–water partition coefficient (Wildman–Crippen LogP) is 11.7. The SMILES string of the molecule is Cc1ccc(N(c2ccc(B3OC(C)(C)C(C)(C)O3)cc2)c2ccc3oc4ccc(N(c5ccc(C)cc5)c5ccc(B6OC(C)(C)C(C)(C)O6)cc5)cc4c3c2)cc1. The van der Waals surface area contributed by atoms with E-state index in [9.17, 15) is 0 Å². The molecule has 2 aliphatic heterocycles. The molecule has 9 rings (SSSR count). The van der Waals surface area contributed by atoms with Gasteiger partial charge in [-0.15, -0.1) is 0 Å². The number of hydrogen-bond donors (Lipinski definition) is 0. The molecule has 0 bridgehead atoms. The van der Waals surface area contributed by atoms with Gasteiger partial charge in [-0.2, -0.15) is 0 Å². The topological polar surface area (TPSA) is 56.5 Å². The minimum Gasteiger partial charge on any atom is -0.456 e. The third-order valence-corrected chi connectivity index (χ3v) is 12.9. The van der Waals surface area contributed by atoms with E-state index in [1.54, 1.807) is 0 Å². The van der Waals surface area contributed by atoms with Crippen LogP contribution in [-0.4, -0.2) is 36.6 Å². The second-order valence-electron chi connectivity index (χ2n) is 18.2.